The third-order valence-corrected chi connectivity index (χ3v) is 4.08. The average Bonchev–Trinajstić information content (AvgIpc) is 2.70. The van der Waals surface area contributed by atoms with E-state index in [4.69, 9.17) is 15.2 Å². The van der Waals surface area contributed by atoms with Crippen LogP contribution in [0.5, 0.6) is 11.5 Å². The Hall–Kier alpha value is -3.28. The van der Waals surface area contributed by atoms with E-state index >= 15 is 0 Å². The monoisotopic (exact) mass is 382 g/mol. The minimum atomic E-state index is -0.490. The van der Waals surface area contributed by atoms with Crippen LogP contribution in [-0.2, 0) is 11.3 Å². The average molecular weight is 382 g/mol. The van der Waals surface area contributed by atoms with E-state index in [1.54, 1.807) is 43.3 Å². The Labute approximate surface area is 165 Å². The van der Waals surface area contributed by atoms with E-state index in [0.717, 1.165) is 17.5 Å². The minimum Gasteiger partial charge on any atom is -0.493 e. The first-order valence-electron chi connectivity index (χ1n) is 9.07. The second kappa shape index (κ2) is 10.2. The maximum atomic E-state index is 12.4. The number of ether oxygens (including phenoxy) is 2. The first-order chi connectivity index (χ1) is 13.4. The minimum absolute atomic E-state index is 0.158. The van der Waals surface area contributed by atoms with Crippen molar-refractivity contribution in [1.82, 2.24) is 4.90 Å². The maximum absolute atomic E-state index is 12.4. The van der Waals surface area contributed by atoms with Crippen molar-refractivity contribution < 1.29 is 19.1 Å². The standard InChI is InChI=1S/C22H26N2O4/c1-4-12-28-19-10-8-16(14-20(19)27-3)9-11-21(25)24(2)15-17-6-5-7-18(13-17)22(23)26/h5-11,13-14H,4,12,15H2,1-3H3,(H2,23,26)/b11-9+. The summed E-state index contributed by atoms with van der Waals surface area (Å²) < 4.78 is 11.0. The van der Waals surface area contributed by atoms with Crippen molar-refractivity contribution in [3.63, 3.8) is 0 Å². The second-order valence-corrected chi connectivity index (χ2v) is 6.35. The van der Waals surface area contributed by atoms with E-state index in [9.17, 15) is 9.59 Å². The quantitative estimate of drug-likeness (QED) is 0.675. The van der Waals surface area contributed by atoms with Gasteiger partial charge in [0.2, 0.25) is 11.8 Å². The summed E-state index contributed by atoms with van der Waals surface area (Å²) in [5.74, 6) is 0.657. The Balaban J connectivity index is 2.04. The van der Waals surface area contributed by atoms with Crippen LogP contribution in [0.15, 0.2) is 48.5 Å². The molecule has 2 rings (SSSR count). The predicted molar refractivity (Wildman–Crippen MR) is 109 cm³/mol. The number of hydrogen-bond acceptors (Lipinski definition) is 4. The van der Waals surface area contributed by atoms with E-state index in [2.05, 4.69) is 0 Å². The first kappa shape index (κ1) is 21.0. The van der Waals surface area contributed by atoms with Gasteiger partial charge in [0.1, 0.15) is 0 Å². The molecule has 0 aliphatic carbocycles. The molecule has 0 fully saturated rings. The van der Waals surface area contributed by atoms with E-state index in [0.29, 0.717) is 30.2 Å². The van der Waals surface area contributed by atoms with Crippen LogP contribution in [0.1, 0.15) is 34.8 Å². The Morgan fingerprint density at radius 2 is 1.93 bits per heavy atom. The molecule has 0 aliphatic rings. The SMILES string of the molecule is CCCOc1ccc(/C=C/C(=O)N(C)Cc2cccc(C(N)=O)c2)cc1OC. The number of likely N-dealkylation sites (N-methyl/N-ethyl adjacent to an activating group) is 1. The summed E-state index contributed by atoms with van der Waals surface area (Å²) in [4.78, 5) is 25.2. The molecular formula is C22H26N2O4. The maximum Gasteiger partial charge on any atom is 0.248 e. The number of primary amides is 1. The number of rotatable bonds is 9. The molecule has 2 N–H and O–H groups in total. The molecule has 0 saturated carbocycles. The van der Waals surface area contributed by atoms with Gasteiger partial charge in [-0.05, 0) is 47.9 Å². The first-order valence-corrected chi connectivity index (χ1v) is 9.07. The molecule has 0 bridgehead atoms. The number of hydrogen-bond donors (Lipinski definition) is 1. The van der Waals surface area contributed by atoms with Crippen molar-refractivity contribution >= 4 is 17.9 Å². The van der Waals surface area contributed by atoms with Crippen molar-refractivity contribution in [1.29, 1.82) is 0 Å². The van der Waals surface area contributed by atoms with Crippen molar-refractivity contribution in [3.05, 3.63) is 65.2 Å². The number of benzene rings is 2. The molecule has 0 radical (unpaired) electrons. The number of nitrogens with zero attached hydrogens (tertiary/aromatic N) is 1. The van der Waals surface area contributed by atoms with Crippen molar-refractivity contribution in [2.24, 2.45) is 5.73 Å². The fraction of sp³-hybridized carbons (Fsp3) is 0.273. The van der Waals surface area contributed by atoms with Crippen molar-refractivity contribution in [3.8, 4) is 11.5 Å². The molecule has 0 atom stereocenters. The molecule has 2 amide bonds. The molecule has 0 unspecified atom stereocenters. The number of carbonyl (C=O) groups excluding carboxylic acids is 2. The molecule has 2 aromatic rings. The molecule has 148 valence electrons. The summed E-state index contributed by atoms with van der Waals surface area (Å²) in [6.07, 6.45) is 4.14. The summed E-state index contributed by atoms with van der Waals surface area (Å²) in [6.45, 7) is 3.03. The Bertz CT molecular complexity index is 861. The van der Waals surface area contributed by atoms with Crippen LogP contribution in [0.2, 0.25) is 0 Å². The fourth-order valence-electron chi connectivity index (χ4n) is 2.59. The summed E-state index contributed by atoms with van der Waals surface area (Å²) in [6, 6.07) is 12.5. The molecule has 0 aliphatic heterocycles. The molecular weight excluding hydrogens is 356 g/mol. The van der Waals surface area contributed by atoms with Crippen LogP contribution in [0, 0.1) is 0 Å². The number of nitrogens with two attached hydrogens (primary N) is 1. The summed E-state index contributed by atoms with van der Waals surface area (Å²) in [5.41, 5.74) is 7.38. The summed E-state index contributed by atoms with van der Waals surface area (Å²) in [7, 11) is 3.28. The third kappa shape index (κ3) is 5.87. The highest BCUT2D eigenvalue weighted by Gasteiger charge is 2.09. The summed E-state index contributed by atoms with van der Waals surface area (Å²) >= 11 is 0. The van der Waals surface area contributed by atoms with E-state index in [1.165, 1.54) is 6.08 Å². The van der Waals surface area contributed by atoms with Gasteiger partial charge >= 0.3 is 0 Å². The van der Waals surface area contributed by atoms with Crippen LogP contribution in [-0.4, -0.2) is 37.5 Å². The van der Waals surface area contributed by atoms with Gasteiger partial charge in [0.05, 0.1) is 13.7 Å². The van der Waals surface area contributed by atoms with E-state index in [1.807, 2.05) is 31.2 Å². The van der Waals surface area contributed by atoms with Crippen LogP contribution in [0.4, 0.5) is 0 Å². The van der Waals surface area contributed by atoms with Crippen LogP contribution in [0.3, 0.4) is 0 Å². The Kier molecular flexibility index (Phi) is 7.63. The lowest BCUT2D eigenvalue weighted by Crippen LogP contribution is -2.24. The molecule has 0 heterocycles. The highest BCUT2D eigenvalue weighted by Crippen LogP contribution is 2.28. The Morgan fingerprint density at radius 3 is 2.61 bits per heavy atom. The van der Waals surface area contributed by atoms with Gasteiger partial charge in [0.25, 0.3) is 0 Å². The van der Waals surface area contributed by atoms with Crippen LogP contribution >= 0.6 is 0 Å². The zero-order valence-corrected chi connectivity index (χ0v) is 16.5. The highest BCUT2D eigenvalue weighted by atomic mass is 16.5. The van der Waals surface area contributed by atoms with Gasteiger partial charge < -0.3 is 20.1 Å². The van der Waals surface area contributed by atoms with Gasteiger partial charge in [-0.25, -0.2) is 0 Å². The molecule has 0 saturated heterocycles. The highest BCUT2D eigenvalue weighted by molar-refractivity contribution is 5.93. The fourth-order valence-corrected chi connectivity index (χ4v) is 2.59. The molecule has 2 aromatic carbocycles. The lowest BCUT2D eigenvalue weighted by Gasteiger charge is -2.15. The van der Waals surface area contributed by atoms with Gasteiger partial charge in [-0.15, -0.1) is 0 Å². The zero-order valence-electron chi connectivity index (χ0n) is 16.5. The third-order valence-electron chi connectivity index (χ3n) is 4.08. The molecule has 6 heteroatoms. The topological polar surface area (TPSA) is 81.9 Å². The number of carbonyl (C=O) groups is 2. The largest absolute Gasteiger partial charge is 0.493 e. The van der Waals surface area contributed by atoms with Gasteiger partial charge in [0.15, 0.2) is 11.5 Å². The molecule has 28 heavy (non-hydrogen) atoms. The number of amides is 2. The lowest BCUT2D eigenvalue weighted by molar-refractivity contribution is -0.125. The predicted octanol–water partition coefficient (Wildman–Crippen LogP) is 3.25. The zero-order chi connectivity index (χ0) is 20.5. The van der Waals surface area contributed by atoms with Crippen molar-refractivity contribution in [2.75, 3.05) is 20.8 Å². The summed E-state index contributed by atoms with van der Waals surface area (Å²) in [5, 5.41) is 0. The molecule has 0 aromatic heterocycles. The van der Waals surface area contributed by atoms with E-state index < -0.39 is 5.91 Å². The molecule has 0 spiro atoms. The van der Waals surface area contributed by atoms with Crippen LogP contribution < -0.4 is 15.2 Å². The number of methoxy groups -OCH3 is 1. The smallest absolute Gasteiger partial charge is 0.248 e. The van der Waals surface area contributed by atoms with Gasteiger partial charge in [0, 0.05) is 25.2 Å². The van der Waals surface area contributed by atoms with Crippen LogP contribution in [0.25, 0.3) is 6.08 Å². The molecule has 6 nitrogen and oxygen atoms in total. The lowest BCUT2D eigenvalue weighted by atomic mass is 10.1. The van der Waals surface area contributed by atoms with Gasteiger partial charge in [-0.3, -0.25) is 9.59 Å². The normalized spacial score (nSPS) is 10.7. The second-order valence-electron chi connectivity index (χ2n) is 6.35. The van der Waals surface area contributed by atoms with E-state index in [-0.39, 0.29) is 5.91 Å². The Morgan fingerprint density at radius 1 is 1.14 bits per heavy atom. The van der Waals surface area contributed by atoms with Crippen molar-refractivity contribution in [2.45, 2.75) is 19.9 Å². The van der Waals surface area contributed by atoms with Gasteiger partial charge in [-0.1, -0.05) is 25.1 Å². The van der Waals surface area contributed by atoms with Gasteiger partial charge in [-0.2, -0.15) is 0 Å².